The number of pyridine rings is 1. The summed E-state index contributed by atoms with van der Waals surface area (Å²) in [5.74, 6) is 0.794. The van der Waals surface area contributed by atoms with Gasteiger partial charge in [0.2, 0.25) is 0 Å². The number of aromatic nitrogens is 1. The summed E-state index contributed by atoms with van der Waals surface area (Å²) in [5.41, 5.74) is 6.21. The molecule has 1 aromatic heterocycles. The summed E-state index contributed by atoms with van der Waals surface area (Å²) in [6.45, 7) is 0. The highest BCUT2D eigenvalue weighted by atomic mass is 35.5. The average molecular weight is 407 g/mol. The molecule has 0 radical (unpaired) electrons. The highest BCUT2D eigenvalue weighted by Gasteiger charge is 2.24. The Morgan fingerprint density at radius 1 is 0.964 bits per heavy atom. The molecule has 0 spiro atoms. The van der Waals surface area contributed by atoms with E-state index in [1.807, 2.05) is 30.3 Å². The van der Waals surface area contributed by atoms with E-state index in [-0.39, 0.29) is 23.0 Å². The minimum absolute atomic E-state index is 0. The maximum atomic E-state index is 11.3. The number of nitrogens with zero attached hydrogens (tertiary/aromatic N) is 2. The summed E-state index contributed by atoms with van der Waals surface area (Å²) in [7, 11) is 0. The number of non-ortho nitro benzene ring substituents is 1. The second-order valence-corrected chi connectivity index (χ2v) is 7.44. The first-order chi connectivity index (χ1) is 13.2. The van der Waals surface area contributed by atoms with E-state index in [2.05, 4.69) is 24.3 Å². The lowest BCUT2D eigenvalue weighted by molar-refractivity contribution is -0.384. The molecular weight excluding hydrogens is 392 g/mol. The maximum Gasteiger partial charge on any atom is 0.270 e. The molecule has 0 atom stereocenters. The molecule has 0 unspecified atom stereocenters. The summed E-state index contributed by atoms with van der Waals surface area (Å²) in [4.78, 5) is 17.1. The molecule has 0 saturated heterocycles. The van der Waals surface area contributed by atoms with Crippen LogP contribution >= 0.6 is 24.2 Å². The lowest BCUT2D eigenvalue weighted by Crippen LogP contribution is -2.03. The van der Waals surface area contributed by atoms with Gasteiger partial charge >= 0.3 is 0 Å². The molecule has 4 aromatic rings. The van der Waals surface area contributed by atoms with Crippen molar-refractivity contribution in [2.24, 2.45) is 0 Å². The van der Waals surface area contributed by atoms with Crippen molar-refractivity contribution in [1.82, 2.24) is 4.98 Å². The first-order valence-corrected chi connectivity index (χ1v) is 9.59. The lowest BCUT2D eigenvalue weighted by atomic mass is 9.92. The number of fused-ring (bicyclic) bond motifs is 4. The Balaban J connectivity index is 0.00000192. The molecule has 0 bridgehead atoms. The average Bonchev–Trinajstić information content (AvgIpc) is 2.72. The van der Waals surface area contributed by atoms with Crippen molar-refractivity contribution in [3.8, 4) is 22.4 Å². The van der Waals surface area contributed by atoms with Crippen LogP contribution in [0.3, 0.4) is 0 Å². The quantitative estimate of drug-likeness (QED) is 0.281. The zero-order valence-corrected chi connectivity index (χ0v) is 16.3. The van der Waals surface area contributed by atoms with Crippen LogP contribution in [0.1, 0.15) is 5.56 Å². The van der Waals surface area contributed by atoms with Gasteiger partial charge in [-0.2, -0.15) is 0 Å². The molecule has 28 heavy (non-hydrogen) atoms. The molecule has 1 aliphatic heterocycles. The predicted molar refractivity (Wildman–Crippen MR) is 116 cm³/mol. The third-order valence-electron chi connectivity index (χ3n) is 4.86. The normalized spacial score (nSPS) is 12.0. The fourth-order valence-corrected chi connectivity index (χ4v) is 4.72. The number of rotatable bonds is 2. The Hall–Kier alpha value is -2.89. The Morgan fingerprint density at radius 2 is 1.71 bits per heavy atom. The third kappa shape index (κ3) is 2.93. The summed E-state index contributed by atoms with van der Waals surface area (Å²) < 4.78 is 0. The number of halogens is 1. The Kier molecular flexibility index (Phi) is 4.79. The smallest absolute Gasteiger partial charge is 0.258 e. The Morgan fingerprint density at radius 3 is 2.50 bits per heavy atom. The van der Waals surface area contributed by atoms with E-state index < -0.39 is 0 Å². The Labute approximate surface area is 172 Å². The second kappa shape index (κ2) is 7.26. The summed E-state index contributed by atoms with van der Waals surface area (Å²) >= 11 is 1.79. The molecule has 0 saturated carbocycles. The van der Waals surface area contributed by atoms with E-state index in [0.29, 0.717) is 0 Å². The molecule has 1 aliphatic rings. The minimum Gasteiger partial charge on any atom is -0.258 e. The maximum absolute atomic E-state index is 11.3. The van der Waals surface area contributed by atoms with Gasteiger partial charge in [0.25, 0.3) is 5.69 Å². The van der Waals surface area contributed by atoms with E-state index in [0.717, 1.165) is 44.6 Å². The Bertz CT molecular complexity index is 1210. The molecular formula is C22H15ClN2O2S. The van der Waals surface area contributed by atoms with Crippen molar-refractivity contribution in [3.05, 3.63) is 88.5 Å². The van der Waals surface area contributed by atoms with Crippen LogP contribution in [0.25, 0.3) is 33.3 Å². The number of benzene rings is 3. The van der Waals surface area contributed by atoms with Crippen LogP contribution in [-0.4, -0.2) is 9.91 Å². The van der Waals surface area contributed by atoms with Crippen molar-refractivity contribution in [1.29, 1.82) is 0 Å². The molecule has 0 aliphatic carbocycles. The molecule has 6 heteroatoms. The third-order valence-corrected chi connectivity index (χ3v) is 5.96. The van der Waals surface area contributed by atoms with Crippen molar-refractivity contribution >= 4 is 40.8 Å². The molecule has 5 rings (SSSR count). The van der Waals surface area contributed by atoms with E-state index in [9.17, 15) is 10.1 Å². The van der Waals surface area contributed by atoms with E-state index in [1.165, 1.54) is 11.0 Å². The van der Waals surface area contributed by atoms with E-state index in [4.69, 9.17) is 4.98 Å². The molecule has 0 N–H and O–H groups in total. The first-order valence-electron chi connectivity index (χ1n) is 8.61. The largest absolute Gasteiger partial charge is 0.270 e. The highest BCUT2D eigenvalue weighted by Crippen LogP contribution is 2.46. The SMILES string of the molecule is Cl.O=[N+]([O-])c1ccc2nc3c(c(-c4ccccc4)c2c1)CSc1ccccc1-3. The van der Waals surface area contributed by atoms with Gasteiger partial charge in [0.15, 0.2) is 0 Å². The summed E-state index contributed by atoms with van der Waals surface area (Å²) in [6, 6.07) is 23.3. The highest BCUT2D eigenvalue weighted by molar-refractivity contribution is 7.98. The van der Waals surface area contributed by atoms with Crippen molar-refractivity contribution < 1.29 is 4.92 Å². The molecule has 138 valence electrons. The number of hydrogen-bond donors (Lipinski definition) is 0. The molecule has 0 fully saturated rings. The van der Waals surface area contributed by atoms with Gasteiger partial charge in [-0.05, 0) is 28.8 Å². The standard InChI is InChI=1S/C22H14N2O2S.ClH/c25-24(26)15-10-11-19-17(12-15)21(14-6-2-1-3-7-14)18-13-27-20-9-5-4-8-16(20)22(18)23-19;/h1-12H,13H2;1H. The van der Waals surface area contributed by atoms with Crippen molar-refractivity contribution in [2.75, 3.05) is 0 Å². The van der Waals surface area contributed by atoms with Crippen LogP contribution in [-0.2, 0) is 5.75 Å². The minimum atomic E-state index is -0.349. The predicted octanol–water partition coefficient (Wildman–Crippen LogP) is 6.50. The fraction of sp³-hybridized carbons (Fsp3) is 0.0455. The summed E-state index contributed by atoms with van der Waals surface area (Å²) in [6.07, 6.45) is 0. The lowest BCUT2D eigenvalue weighted by Gasteiger charge is -2.23. The first kappa shape index (κ1) is 18.5. The topological polar surface area (TPSA) is 56.0 Å². The van der Waals surface area contributed by atoms with Gasteiger partial charge < -0.3 is 0 Å². The van der Waals surface area contributed by atoms with Gasteiger partial charge in [0, 0.05) is 33.7 Å². The van der Waals surface area contributed by atoms with E-state index >= 15 is 0 Å². The van der Waals surface area contributed by atoms with Crippen molar-refractivity contribution in [3.63, 3.8) is 0 Å². The van der Waals surface area contributed by atoms with Gasteiger partial charge in [-0.15, -0.1) is 24.2 Å². The monoisotopic (exact) mass is 406 g/mol. The van der Waals surface area contributed by atoms with Crippen LogP contribution in [0.15, 0.2) is 77.7 Å². The summed E-state index contributed by atoms with van der Waals surface area (Å²) in [5, 5.41) is 12.2. The van der Waals surface area contributed by atoms with Crippen molar-refractivity contribution in [2.45, 2.75) is 10.6 Å². The molecule has 3 aromatic carbocycles. The molecule has 0 amide bonds. The van der Waals surface area contributed by atoms with Crippen LogP contribution < -0.4 is 0 Å². The van der Waals surface area contributed by atoms with Gasteiger partial charge in [0.05, 0.1) is 16.1 Å². The number of thioether (sulfide) groups is 1. The van der Waals surface area contributed by atoms with Gasteiger partial charge in [-0.3, -0.25) is 10.1 Å². The van der Waals surface area contributed by atoms with Gasteiger partial charge in [-0.25, -0.2) is 4.98 Å². The van der Waals surface area contributed by atoms with E-state index in [1.54, 1.807) is 23.9 Å². The fourth-order valence-electron chi connectivity index (χ4n) is 3.64. The van der Waals surface area contributed by atoms with Crippen LogP contribution in [0.5, 0.6) is 0 Å². The zero-order valence-electron chi connectivity index (χ0n) is 14.7. The van der Waals surface area contributed by atoms with Gasteiger partial charge in [0.1, 0.15) is 0 Å². The number of hydrogen-bond acceptors (Lipinski definition) is 4. The zero-order chi connectivity index (χ0) is 18.4. The number of nitro benzene ring substituents is 1. The van der Waals surface area contributed by atoms with Gasteiger partial charge in [-0.1, -0.05) is 48.5 Å². The molecule has 4 nitrogen and oxygen atoms in total. The second-order valence-electron chi connectivity index (χ2n) is 6.42. The number of nitro groups is 1. The van der Waals surface area contributed by atoms with Crippen LogP contribution in [0.2, 0.25) is 0 Å². The molecule has 2 heterocycles. The van der Waals surface area contributed by atoms with Crippen LogP contribution in [0, 0.1) is 10.1 Å². The van der Waals surface area contributed by atoms with Crippen LogP contribution in [0.4, 0.5) is 5.69 Å².